The van der Waals surface area contributed by atoms with Crippen LogP contribution in [0.5, 0.6) is 0 Å². The zero-order valence-electron chi connectivity index (χ0n) is 11.4. The molecule has 98 valence electrons. The predicted molar refractivity (Wildman–Crippen MR) is 79.2 cm³/mol. The Labute approximate surface area is 114 Å². The van der Waals surface area contributed by atoms with E-state index in [1.54, 1.807) is 0 Å². The first-order valence-electron chi connectivity index (χ1n) is 6.60. The standard InChI is InChI=1S/C15H22N2S/c1-4-17-8-7-14(11-17)10-16-12(2)9-15-6-5-13(3)18-15/h5-8,11-12,16H,4,9-10H2,1-3H3. The van der Waals surface area contributed by atoms with Crippen molar-refractivity contribution in [3.63, 3.8) is 0 Å². The van der Waals surface area contributed by atoms with E-state index in [1.165, 1.54) is 15.3 Å². The van der Waals surface area contributed by atoms with Gasteiger partial charge in [-0.2, -0.15) is 0 Å². The number of hydrogen-bond donors (Lipinski definition) is 1. The number of aryl methyl sites for hydroxylation is 2. The van der Waals surface area contributed by atoms with Gasteiger partial charge in [0, 0.05) is 41.3 Å². The van der Waals surface area contributed by atoms with E-state index >= 15 is 0 Å². The van der Waals surface area contributed by atoms with Crippen molar-refractivity contribution in [1.82, 2.24) is 9.88 Å². The summed E-state index contributed by atoms with van der Waals surface area (Å²) in [5.74, 6) is 0. The summed E-state index contributed by atoms with van der Waals surface area (Å²) >= 11 is 1.90. The zero-order chi connectivity index (χ0) is 13.0. The molecule has 2 rings (SSSR count). The van der Waals surface area contributed by atoms with Gasteiger partial charge in [0.1, 0.15) is 0 Å². The van der Waals surface area contributed by atoms with Crippen molar-refractivity contribution in [3.05, 3.63) is 45.9 Å². The maximum atomic E-state index is 3.59. The molecule has 0 aliphatic rings. The zero-order valence-corrected chi connectivity index (χ0v) is 12.3. The van der Waals surface area contributed by atoms with Gasteiger partial charge >= 0.3 is 0 Å². The molecule has 3 heteroatoms. The molecule has 1 atom stereocenters. The van der Waals surface area contributed by atoms with Gasteiger partial charge in [-0.3, -0.25) is 0 Å². The maximum absolute atomic E-state index is 3.59. The van der Waals surface area contributed by atoms with Gasteiger partial charge in [-0.25, -0.2) is 0 Å². The van der Waals surface area contributed by atoms with Gasteiger partial charge in [-0.15, -0.1) is 11.3 Å². The topological polar surface area (TPSA) is 17.0 Å². The summed E-state index contributed by atoms with van der Waals surface area (Å²) in [6.07, 6.45) is 5.48. The van der Waals surface area contributed by atoms with E-state index in [-0.39, 0.29) is 0 Å². The molecule has 18 heavy (non-hydrogen) atoms. The molecule has 1 N–H and O–H groups in total. The van der Waals surface area contributed by atoms with E-state index in [9.17, 15) is 0 Å². The quantitative estimate of drug-likeness (QED) is 0.841. The summed E-state index contributed by atoms with van der Waals surface area (Å²) in [5, 5.41) is 3.59. The Bertz CT molecular complexity index is 484. The molecule has 2 aromatic rings. The minimum Gasteiger partial charge on any atom is -0.354 e. The fourth-order valence-corrected chi connectivity index (χ4v) is 3.07. The Morgan fingerprint density at radius 1 is 1.33 bits per heavy atom. The highest BCUT2D eigenvalue weighted by Gasteiger charge is 2.05. The summed E-state index contributed by atoms with van der Waals surface area (Å²) < 4.78 is 2.21. The first-order valence-corrected chi connectivity index (χ1v) is 7.42. The third-order valence-electron chi connectivity index (χ3n) is 3.13. The second-order valence-electron chi connectivity index (χ2n) is 4.85. The molecule has 2 heterocycles. The van der Waals surface area contributed by atoms with Crippen molar-refractivity contribution in [2.24, 2.45) is 0 Å². The Morgan fingerprint density at radius 2 is 2.17 bits per heavy atom. The van der Waals surface area contributed by atoms with E-state index in [2.05, 4.69) is 61.2 Å². The van der Waals surface area contributed by atoms with Crippen LogP contribution in [0.3, 0.4) is 0 Å². The van der Waals surface area contributed by atoms with Crippen LogP contribution in [0, 0.1) is 6.92 Å². The van der Waals surface area contributed by atoms with Gasteiger partial charge in [0.15, 0.2) is 0 Å². The summed E-state index contributed by atoms with van der Waals surface area (Å²) in [6.45, 7) is 8.59. The Morgan fingerprint density at radius 3 is 2.78 bits per heavy atom. The van der Waals surface area contributed by atoms with Crippen LogP contribution in [0.25, 0.3) is 0 Å². The molecule has 0 amide bonds. The lowest BCUT2D eigenvalue weighted by atomic mass is 10.2. The first-order chi connectivity index (χ1) is 8.67. The number of hydrogen-bond acceptors (Lipinski definition) is 2. The molecule has 0 saturated carbocycles. The number of rotatable bonds is 6. The molecule has 0 bridgehead atoms. The maximum Gasteiger partial charge on any atom is 0.0223 e. The molecule has 1 unspecified atom stereocenters. The average Bonchev–Trinajstić information content (AvgIpc) is 2.95. The van der Waals surface area contributed by atoms with Crippen LogP contribution in [-0.2, 0) is 19.5 Å². The fraction of sp³-hybridized carbons (Fsp3) is 0.467. The largest absolute Gasteiger partial charge is 0.354 e. The lowest BCUT2D eigenvalue weighted by molar-refractivity contribution is 0.548. The number of aromatic nitrogens is 1. The minimum absolute atomic E-state index is 0.521. The average molecular weight is 262 g/mol. The summed E-state index contributed by atoms with van der Waals surface area (Å²) in [5.41, 5.74) is 1.37. The monoisotopic (exact) mass is 262 g/mol. The molecule has 2 aromatic heterocycles. The van der Waals surface area contributed by atoms with Crippen molar-refractivity contribution in [2.75, 3.05) is 0 Å². The smallest absolute Gasteiger partial charge is 0.0223 e. The molecule has 0 radical (unpaired) electrons. The van der Waals surface area contributed by atoms with Crippen LogP contribution in [0.15, 0.2) is 30.6 Å². The molecule has 0 aromatic carbocycles. The van der Waals surface area contributed by atoms with Crippen molar-refractivity contribution in [2.45, 2.75) is 46.3 Å². The lowest BCUT2D eigenvalue weighted by Crippen LogP contribution is -2.27. The molecule has 0 aliphatic carbocycles. The number of nitrogens with zero attached hydrogens (tertiary/aromatic N) is 1. The van der Waals surface area contributed by atoms with Crippen LogP contribution in [0.1, 0.15) is 29.2 Å². The second kappa shape index (κ2) is 6.21. The van der Waals surface area contributed by atoms with Gasteiger partial charge < -0.3 is 9.88 Å². The first kappa shape index (κ1) is 13.4. The summed E-state index contributed by atoms with van der Waals surface area (Å²) in [6, 6.07) is 7.16. The SMILES string of the molecule is CCn1ccc(CNC(C)Cc2ccc(C)s2)c1. The van der Waals surface area contributed by atoms with E-state index in [0.717, 1.165) is 19.5 Å². The van der Waals surface area contributed by atoms with Crippen molar-refractivity contribution in [1.29, 1.82) is 0 Å². The number of thiophene rings is 1. The molecule has 0 fully saturated rings. The number of nitrogens with one attached hydrogen (secondary N) is 1. The minimum atomic E-state index is 0.521. The highest BCUT2D eigenvalue weighted by Crippen LogP contribution is 2.16. The second-order valence-corrected chi connectivity index (χ2v) is 6.22. The molecular formula is C15H22N2S. The molecule has 2 nitrogen and oxygen atoms in total. The van der Waals surface area contributed by atoms with E-state index in [4.69, 9.17) is 0 Å². The highest BCUT2D eigenvalue weighted by molar-refractivity contribution is 7.11. The van der Waals surface area contributed by atoms with Crippen LogP contribution < -0.4 is 5.32 Å². The van der Waals surface area contributed by atoms with E-state index in [0.29, 0.717) is 6.04 Å². The van der Waals surface area contributed by atoms with E-state index in [1.807, 2.05) is 11.3 Å². The third kappa shape index (κ3) is 3.72. The summed E-state index contributed by atoms with van der Waals surface area (Å²) in [4.78, 5) is 2.87. The van der Waals surface area contributed by atoms with Gasteiger partial charge in [0.25, 0.3) is 0 Å². The fourth-order valence-electron chi connectivity index (χ4n) is 2.05. The van der Waals surface area contributed by atoms with Crippen molar-refractivity contribution in [3.8, 4) is 0 Å². The molecular weight excluding hydrogens is 240 g/mol. The van der Waals surface area contributed by atoms with Gasteiger partial charge in [0.05, 0.1) is 0 Å². The van der Waals surface area contributed by atoms with Crippen LogP contribution in [-0.4, -0.2) is 10.6 Å². The molecule has 0 spiro atoms. The van der Waals surface area contributed by atoms with Crippen molar-refractivity contribution >= 4 is 11.3 Å². The van der Waals surface area contributed by atoms with Crippen LogP contribution >= 0.6 is 11.3 Å². The van der Waals surface area contributed by atoms with E-state index < -0.39 is 0 Å². The van der Waals surface area contributed by atoms with Crippen LogP contribution in [0.4, 0.5) is 0 Å². The Balaban J connectivity index is 1.79. The predicted octanol–water partition coefficient (Wildman–Crippen LogP) is 3.60. The normalized spacial score (nSPS) is 12.8. The third-order valence-corrected chi connectivity index (χ3v) is 4.16. The molecule has 0 saturated heterocycles. The highest BCUT2D eigenvalue weighted by atomic mass is 32.1. The summed E-state index contributed by atoms with van der Waals surface area (Å²) in [7, 11) is 0. The lowest BCUT2D eigenvalue weighted by Gasteiger charge is -2.12. The van der Waals surface area contributed by atoms with Gasteiger partial charge in [-0.1, -0.05) is 0 Å². The van der Waals surface area contributed by atoms with Gasteiger partial charge in [-0.05, 0) is 51.0 Å². The Kier molecular flexibility index (Phi) is 4.61. The molecule has 0 aliphatic heterocycles. The van der Waals surface area contributed by atoms with Gasteiger partial charge in [0.2, 0.25) is 0 Å². The van der Waals surface area contributed by atoms with Crippen molar-refractivity contribution < 1.29 is 0 Å². The Hall–Kier alpha value is -1.06. The van der Waals surface area contributed by atoms with Crippen LogP contribution in [0.2, 0.25) is 0 Å².